The molecule has 4 nitrogen and oxygen atoms in total. The Hall–Kier alpha value is -1.72. The van der Waals surface area contributed by atoms with Gasteiger partial charge >= 0.3 is 0 Å². The maximum absolute atomic E-state index is 12.2. The normalized spacial score (nSPS) is 10.2. The van der Waals surface area contributed by atoms with Crippen molar-refractivity contribution >= 4 is 39.1 Å². The van der Waals surface area contributed by atoms with Gasteiger partial charge in [0.1, 0.15) is 11.5 Å². The van der Waals surface area contributed by atoms with Crippen LogP contribution < -0.4 is 10.1 Å². The van der Waals surface area contributed by atoms with Crippen molar-refractivity contribution in [2.45, 2.75) is 0 Å². The minimum absolute atomic E-state index is 0.122. The van der Waals surface area contributed by atoms with Gasteiger partial charge in [0.05, 0.1) is 18.4 Å². The highest BCUT2D eigenvalue weighted by atomic mass is 79.9. The van der Waals surface area contributed by atoms with E-state index in [1.54, 1.807) is 24.3 Å². The number of carbonyl (C=O) groups excluding carboxylic acids is 1. The SMILES string of the molecule is COc1ccc(O)c(C(=O)Nc2cc(Cl)ccc2Br)c1. The van der Waals surface area contributed by atoms with Gasteiger partial charge in [0.15, 0.2) is 0 Å². The number of hydrogen-bond acceptors (Lipinski definition) is 3. The van der Waals surface area contributed by atoms with Crippen molar-refractivity contribution in [3.63, 3.8) is 0 Å². The van der Waals surface area contributed by atoms with Gasteiger partial charge in [0.2, 0.25) is 0 Å². The zero-order valence-electron chi connectivity index (χ0n) is 10.5. The Kier molecular flexibility index (Phi) is 4.52. The molecule has 0 aliphatic rings. The second-order valence-corrected chi connectivity index (χ2v) is 5.25. The van der Waals surface area contributed by atoms with Crippen LogP contribution in [0.25, 0.3) is 0 Å². The molecule has 2 N–H and O–H groups in total. The zero-order valence-corrected chi connectivity index (χ0v) is 12.8. The van der Waals surface area contributed by atoms with Crippen molar-refractivity contribution in [3.8, 4) is 11.5 Å². The predicted octanol–water partition coefficient (Wildman–Crippen LogP) is 4.07. The average Bonchev–Trinajstić information content (AvgIpc) is 2.43. The Morgan fingerprint density at radius 1 is 1.30 bits per heavy atom. The Morgan fingerprint density at radius 2 is 2.05 bits per heavy atom. The Labute approximate surface area is 129 Å². The number of nitrogens with one attached hydrogen (secondary N) is 1. The number of carbonyl (C=O) groups is 1. The number of methoxy groups -OCH3 is 1. The topological polar surface area (TPSA) is 58.6 Å². The lowest BCUT2D eigenvalue weighted by molar-refractivity contribution is 0.102. The monoisotopic (exact) mass is 355 g/mol. The highest BCUT2D eigenvalue weighted by molar-refractivity contribution is 9.10. The molecular formula is C14H11BrClNO3. The van der Waals surface area contributed by atoms with Crippen molar-refractivity contribution in [1.29, 1.82) is 0 Å². The van der Waals surface area contributed by atoms with Crippen molar-refractivity contribution < 1.29 is 14.6 Å². The third kappa shape index (κ3) is 3.23. The number of aromatic hydroxyl groups is 1. The van der Waals surface area contributed by atoms with Crippen LogP contribution in [0.1, 0.15) is 10.4 Å². The molecular weight excluding hydrogens is 346 g/mol. The Balaban J connectivity index is 2.30. The first-order valence-corrected chi connectivity index (χ1v) is 6.82. The number of phenols is 1. The molecule has 0 saturated carbocycles. The molecule has 0 unspecified atom stereocenters. The summed E-state index contributed by atoms with van der Waals surface area (Å²) in [5, 5.41) is 12.9. The molecule has 0 atom stereocenters. The molecule has 20 heavy (non-hydrogen) atoms. The minimum Gasteiger partial charge on any atom is -0.507 e. The van der Waals surface area contributed by atoms with Gasteiger partial charge in [-0.2, -0.15) is 0 Å². The van der Waals surface area contributed by atoms with Crippen molar-refractivity contribution in [1.82, 2.24) is 0 Å². The standard InChI is InChI=1S/C14H11BrClNO3/c1-20-9-3-5-13(18)10(7-9)14(19)17-12-6-8(16)2-4-11(12)15/h2-7,18H,1H3,(H,17,19). The van der Waals surface area contributed by atoms with Gasteiger partial charge in [-0.15, -0.1) is 0 Å². The molecule has 0 aromatic heterocycles. The number of benzene rings is 2. The zero-order chi connectivity index (χ0) is 14.7. The summed E-state index contributed by atoms with van der Waals surface area (Å²) in [7, 11) is 1.49. The van der Waals surface area contributed by atoms with E-state index in [4.69, 9.17) is 16.3 Å². The molecule has 0 fully saturated rings. The lowest BCUT2D eigenvalue weighted by atomic mass is 10.1. The number of rotatable bonds is 3. The summed E-state index contributed by atoms with van der Waals surface area (Å²) in [6.45, 7) is 0. The summed E-state index contributed by atoms with van der Waals surface area (Å²) in [4.78, 5) is 12.2. The average molecular weight is 357 g/mol. The van der Waals surface area contributed by atoms with Crippen LogP contribution in [-0.4, -0.2) is 18.1 Å². The fourth-order valence-electron chi connectivity index (χ4n) is 1.61. The Bertz CT molecular complexity index is 661. The number of anilines is 1. The third-order valence-electron chi connectivity index (χ3n) is 2.62. The summed E-state index contributed by atoms with van der Waals surface area (Å²) in [5.74, 6) is -0.0936. The fourth-order valence-corrected chi connectivity index (χ4v) is 2.12. The van der Waals surface area contributed by atoms with Crippen molar-refractivity contribution in [2.75, 3.05) is 12.4 Å². The van der Waals surface area contributed by atoms with Crippen LogP contribution >= 0.6 is 27.5 Å². The smallest absolute Gasteiger partial charge is 0.259 e. The number of amides is 1. The van der Waals surface area contributed by atoms with E-state index in [1.165, 1.54) is 19.2 Å². The first-order chi connectivity index (χ1) is 9.51. The second kappa shape index (κ2) is 6.15. The summed E-state index contributed by atoms with van der Waals surface area (Å²) >= 11 is 9.20. The summed E-state index contributed by atoms with van der Waals surface area (Å²) < 4.78 is 5.72. The molecule has 1 amide bonds. The van der Waals surface area contributed by atoms with Crippen LogP contribution in [0.4, 0.5) is 5.69 Å². The first kappa shape index (κ1) is 14.7. The molecule has 2 aromatic rings. The molecule has 0 aliphatic carbocycles. The molecule has 104 valence electrons. The quantitative estimate of drug-likeness (QED) is 0.871. The molecule has 0 saturated heterocycles. The third-order valence-corrected chi connectivity index (χ3v) is 3.55. The van der Waals surface area contributed by atoms with E-state index in [0.717, 1.165) is 0 Å². The van der Waals surface area contributed by atoms with E-state index >= 15 is 0 Å². The van der Waals surface area contributed by atoms with Crippen LogP contribution in [0.15, 0.2) is 40.9 Å². The summed E-state index contributed by atoms with van der Waals surface area (Å²) in [6, 6.07) is 9.47. The molecule has 0 radical (unpaired) electrons. The number of hydrogen-bond donors (Lipinski definition) is 2. The van der Waals surface area contributed by atoms with E-state index in [-0.39, 0.29) is 11.3 Å². The largest absolute Gasteiger partial charge is 0.507 e. The summed E-state index contributed by atoms with van der Waals surface area (Å²) in [5.41, 5.74) is 0.640. The van der Waals surface area contributed by atoms with Crippen LogP contribution in [0.3, 0.4) is 0 Å². The van der Waals surface area contributed by atoms with E-state index in [0.29, 0.717) is 20.9 Å². The number of halogens is 2. The molecule has 6 heteroatoms. The van der Waals surface area contributed by atoms with Gasteiger partial charge in [-0.3, -0.25) is 4.79 Å². The second-order valence-electron chi connectivity index (χ2n) is 3.96. The molecule has 0 bridgehead atoms. The van der Waals surface area contributed by atoms with Crippen molar-refractivity contribution in [2.24, 2.45) is 0 Å². The molecule has 0 spiro atoms. The summed E-state index contributed by atoms with van der Waals surface area (Å²) in [6.07, 6.45) is 0. The molecule has 0 aliphatic heterocycles. The highest BCUT2D eigenvalue weighted by Gasteiger charge is 2.14. The van der Waals surface area contributed by atoms with Crippen LogP contribution in [0, 0.1) is 0 Å². The van der Waals surface area contributed by atoms with E-state index in [2.05, 4.69) is 21.2 Å². The molecule has 0 heterocycles. The van der Waals surface area contributed by atoms with Gasteiger partial charge < -0.3 is 15.2 Å². The number of phenolic OH excluding ortho intramolecular Hbond substituents is 1. The van der Waals surface area contributed by atoms with Gasteiger partial charge in [0, 0.05) is 9.50 Å². The Morgan fingerprint density at radius 3 is 2.75 bits per heavy atom. The van der Waals surface area contributed by atoms with Gasteiger partial charge in [-0.05, 0) is 52.3 Å². The lowest BCUT2D eigenvalue weighted by Crippen LogP contribution is -2.12. The van der Waals surface area contributed by atoms with Crippen LogP contribution in [-0.2, 0) is 0 Å². The maximum atomic E-state index is 12.2. The molecule has 2 rings (SSSR count). The first-order valence-electron chi connectivity index (χ1n) is 5.64. The van der Waals surface area contributed by atoms with Crippen LogP contribution in [0.5, 0.6) is 11.5 Å². The van der Waals surface area contributed by atoms with E-state index in [9.17, 15) is 9.90 Å². The maximum Gasteiger partial charge on any atom is 0.259 e. The highest BCUT2D eigenvalue weighted by Crippen LogP contribution is 2.28. The van der Waals surface area contributed by atoms with E-state index < -0.39 is 5.91 Å². The van der Waals surface area contributed by atoms with Gasteiger partial charge in [-0.25, -0.2) is 0 Å². The fraction of sp³-hybridized carbons (Fsp3) is 0.0714. The lowest BCUT2D eigenvalue weighted by Gasteiger charge is -2.10. The predicted molar refractivity (Wildman–Crippen MR) is 81.8 cm³/mol. The number of ether oxygens (including phenoxy) is 1. The van der Waals surface area contributed by atoms with Crippen LogP contribution in [0.2, 0.25) is 5.02 Å². The minimum atomic E-state index is -0.454. The van der Waals surface area contributed by atoms with E-state index in [1.807, 2.05) is 0 Å². The van der Waals surface area contributed by atoms with Gasteiger partial charge in [-0.1, -0.05) is 11.6 Å². The van der Waals surface area contributed by atoms with Gasteiger partial charge in [0.25, 0.3) is 5.91 Å². The van der Waals surface area contributed by atoms with Crippen molar-refractivity contribution in [3.05, 3.63) is 51.5 Å². The molecule has 2 aromatic carbocycles.